The van der Waals surface area contributed by atoms with Crippen LogP contribution < -0.4 is 0 Å². The SMILES string of the molecule is Cc1nc(Cc2cccnc2)ncc1C(C)O. The van der Waals surface area contributed by atoms with Gasteiger partial charge < -0.3 is 5.11 Å². The molecule has 0 spiro atoms. The molecule has 4 heteroatoms. The lowest BCUT2D eigenvalue weighted by atomic mass is 10.1. The van der Waals surface area contributed by atoms with E-state index in [4.69, 9.17) is 0 Å². The van der Waals surface area contributed by atoms with Gasteiger partial charge in [0, 0.05) is 36.3 Å². The van der Waals surface area contributed by atoms with Crippen LogP contribution in [0, 0.1) is 6.92 Å². The standard InChI is InChI=1S/C13H15N3O/c1-9-12(10(2)17)8-15-13(16-9)6-11-4-3-5-14-7-11/h3-5,7-8,10,17H,6H2,1-2H3. The van der Waals surface area contributed by atoms with Gasteiger partial charge in [-0.2, -0.15) is 0 Å². The molecule has 0 fully saturated rings. The van der Waals surface area contributed by atoms with E-state index in [9.17, 15) is 5.11 Å². The zero-order valence-electron chi connectivity index (χ0n) is 9.96. The van der Waals surface area contributed by atoms with Crippen LogP contribution in [0.15, 0.2) is 30.7 Å². The maximum Gasteiger partial charge on any atom is 0.132 e. The summed E-state index contributed by atoms with van der Waals surface area (Å²) in [6.45, 7) is 3.60. The number of hydrogen-bond acceptors (Lipinski definition) is 4. The molecule has 0 aliphatic heterocycles. The number of hydrogen-bond donors (Lipinski definition) is 1. The third-order valence-electron chi connectivity index (χ3n) is 2.60. The van der Waals surface area contributed by atoms with Gasteiger partial charge >= 0.3 is 0 Å². The second-order valence-corrected chi connectivity index (χ2v) is 4.04. The van der Waals surface area contributed by atoms with Crippen molar-refractivity contribution < 1.29 is 5.11 Å². The Morgan fingerprint density at radius 1 is 1.35 bits per heavy atom. The van der Waals surface area contributed by atoms with E-state index in [1.54, 1.807) is 25.5 Å². The number of rotatable bonds is 3. The highest BCUT2D eigenvalue weighted by Gasteiger charge is 2.08. The summed E-state index contributed by atoms with van der Waals surface area (Å²) in [6.07, 6.45) is 5.38. The quantitative estimate of drug-likeness (QED) is 0.872. The maximum atomic E-state index is 9.50. The highest BCUT2D eigenvalue weighted by atomic mass is 16.3. The Balaban J connectivity index is 2.21. The minimum Gasteiger partial charge on any atom is -0.389 e. The van der Waals surface area contributed by atoms with Crippen LogP contribution in [0.4, 0.5) is 0 Å². The largest absolute Gasteiger partial charge is 0.389 e. The summed E-state index contributed by atoms with van der Waals surface area (Å²) in [4.78, 5) is 12.7. The molecule has 2 aromatic heterocycles. The topological polar surface area (TPSA) is 58.9 Å². The molecule has 0 radical (unpaired) electrons. The van der Waals surface area contributed by atoms with Crippen molar-refractivity contribution in [3.8, 4) is 0 Å². The first-order valence-corrected chi connectivity index (χ1v) is 5.56. The fraction of sp³-hybridized carbons (Fsp3) is 0.308. The van der Waals surface area contributed by atoms with E-state index >= 15 is 0 Å². The molecule has 2 rings (SSSR count). The average molecular weight is 229 g/mol. The highest BCUT2D eigenvalue weighted by molar-refractivity contribution is 5.21. The molecule has 1 atom stereocenters. The Labute approximate surface area is 100 Å². The predicted octanol–water partition coefficient (Wildman–Crippen LogP) is 1.82. The summed E-state index contributed by atoms with van der Waals surface area (Å²) in [5.41, 5.74) is 2.69. The summed E-state index contributed by atoms with van der Waals surface area (Å²) in [5.74, 6) is 0.750. The van der Waals surface area contributed by atoms with Gasteiger partial charge in [-0.05, 0) is 25.5 Å². The Morgan fingerprint density at radius 3 is 2.76 bits per heavy atom. The average Bonchev–Trinajstić information content (AvgIpc) is 2.30. The van der Waals surface area contributed by atoms with Crippen LogP contribution in [0.25, 0.3) is 0 Å². The fourth-order valence-corrected chi connectivity index (χ4v) is 1.71. The van der Waals surface area contributed by atoms with Crippen LogP contribution in [-0.4, -0.2) is 20.1 Å². The molecule has 88 valence electrons. The Morgan fingerprint density at radius 2 is 2.18 bits per heavy atom. The van der Waals surface area contributed by atoms with E-state index in [0.29, 0.717) is 6.42 Å². The fourth-order valence-electron chi connectivity index (χ4n) is 1.71. The van der Waals surface area contributed by atoms with E-state index in [0.717, 1.165) is 22.6 Å². The van der Waals surface area contributed by atoms with Crippen molar-refractivity contribution in [3.63, 3.8) is 0 Å². The molecule has 2 heterocycles. The third kappa shape index (κ3) is 2.85. The predicted molar refractivity (Wildman–Crippen MR) is 64.4 cm³/mol. The number of aliphatic hydroxyl groups excluding tert-OH is 1. The van der Waals surface area contributed by atoms with Crippen LogP contribution in [0.1, 0.15) is 35.7 Å². The summed E-state index contributed by atoms with van der Waals surface area (Å²) < 4.78 is 0. The molecule has 2 aromatic rings. The number of aliphatic hydroxyl groups is 1. The van der Waals surface area contributed by atoms with E-state index < -0.39 is 6.10 Å². The number of nitrogens with zero attached hydrogens (tertiary/aromatic N) is 3. The van der Waals surface area contributed by atoms with Gasteiger partial charge in [0.05, 0.1) is 6.10 Å². The molecule has 0 saturated heterocycles. The first-order valence-electron chi connectivity index (χ1n) is 5.56. The molecular formula is C13H15N3O. The van der Waals surface area contributed by atoms with Gasteiger partial charge in [0.25, 0.3) is 0 Å². The maximum absolute atomic E-state index is 9.50. The second kappa shape index (κ2) is 5.01. The Hall–Kier alpha value is -1.81. The van der Waals surface area contributed by atoms with Crippen molar-refractivity contribution >= 4 is 0 Å². The zero-order chi connectivity index (χ0) is 12.3. The molecule has 0 amide bonds. The van der Waals surface area contributed by atoms with E-state index in [-0.39, 0.29) is 0 Å². The number of pyridine rings is 1. The lowest BCUT2D eigenvalue weighted by Gasteiger charge is -2.08. The van der Waals surface area contributed by atoms with Crippen LogP contribution in [0.2, 0.25) is 0 Å². The molecule has 17 heavy (non-hydrogen) atoms. The van der Waals surface area contributed by atoms with Gasteiger partial charge in [-0.25, -0.2) is 9.97 Å². The lowest BCUT2D eigenvalue weighted by molar-refractivity contribution is 0.197. The summed E-state index contributed by atoms with van der Waals surface area (Å²) in [5, 5.41) is 9.50. The molecule has 0 aliphatic carbocycles. The van der Waals surface area contributed by atoms with Crippen molar-refractivity contribution in [2.45, 2.75) is 26.4 Å². The van der Waals surface area contributed by atoms with Crippen molar-refractivity contribution in [2.75, 3.05) is 0 Å². The smallest absolute Gasteiger partial charge is 0.132 e. The Kier molecular flexibility index (Phi) is 3.44. The molecule has 4 nitrogen and oxygen atoms in total. The van der Waals surface area contributed by atoms with Gasteiger partial charge in [-0.1, -0.05) is 6.07 Å². The summed E-state index contributed by atoms with van der Waals surface area (Å²) in [6, 6.07) is 3.89. The van der Waals surface area contributed by atoms with Gasteiger partial charge in [0.1, 0.15) is 5.82 Å². The highest BCUT2D eigenvalue weighted by Crippen LogP contribution is 2.14. The zero-order valence-corrected chi connectivity index (χ0v) is 9.96. The number of aryl methyl sites for hydroxylation is 1. The van der Waals surface area contributed by atoms with E-state index in [1.807, 2.05) is 19.1 Å². The minimum absolute atomic E-state index is 0.526. The van der Waals surface area contributed by atoms with Crippen LogP contribution in [0.3, 0.4) is 0 Å². The normalized spacial score (nSPS) is 12.4. The lowest BCUT2D eigenvalue weighted by Crippen LogP contribution is -2.04. The molecule has 0 aromatic carbocycles. The first-order chi connectivity index (χ1) is 8.16. The van der Waals surface area contributed by atoms with Gasteiger partial charge in [0.15, 0.2) is 0 Å². The van der Waals surface area contributed by atoms with Crippen molar-refractivity contribution in [3.05, 3.63) is 53.4 Å². The molecule has 1 unspecified atom stereocenters. The molecule has 0 aliphatic rings. The Bertz CT molecular complexity index is 497. The molecule has 0 bridgehead atoms. The molecular weight excluding hydrogens is 214 g/mol. The molecule has 1 N–H and O–H groups in total. The molecule has 0 saturated carbocycles. The van der Waals surface area contributed by atoms with Gasteiger partial charge in [0.2, 0.25) is 0 Å². The third-order valence-corrected chi connectivity index (χ3v) is 2.60. The number of aromatic nitrogens is 3. The van der Waals surface area contributed by atoms with E-state index in [2.05, 4.69) is 15.0 Å². The van der Waals surface area contributed by atoms with Gasteiger partial charge in [-0.15, -0.1) is 0 Å². The van der Waals surface area contributed by atoms with Crippen LogP contribution >= 0.6 is 0 Å². The van der Waals surface area contributed by atoms with Crippen molar-refractivity contribution in [1.82, 2.24) is 15.0 Å². The van der Waals surface area contributed by atoms with Crippen molar-refractivity contribution in [2.24, 2.45) is 0 Å². The van der Waals surface area contributed by atoms with Gasteiger partial charge in [-0.3, -0.25) is 4.98 Å². The van der Waals surface area contributed by atoms with Crippen LogP contribution in [-0.2, 0) is 6.42 Å². The monoisotopic (exact) mass is 229 g/mol. The van der Waals surface area contributed by atoms with E-state index in [1.165, 1.54) is 0 Å². The second-order valence-electron chi connectivity index (χ2n) is 4.04. The summed E-state index contributed by atoms with van der Waals surface area (Å²) >= 11 is 0. The minimum atomic E-state index is -0.526. The van der Waals surface area contributed by atoms with Crippen molar-refractivity contribution in [1.29, 1.82) is 0 Å². The summed E-state index contributed by atoms with van der Waals surface area (Å²) in [7, 11) is 0. The van der Waals surface area contributed by atoms with Crippen LogP contribution in [0.5, 0.6) is 0 Å². The first kappa shape index (κ1) is 11.7.